The van der Waals surface area contributed by atoms with Crippen LogP contribution >= 0.6 is 0 Å². The highest BCUT2D eigenvalue weighted by molar-refractivity contribution is 6.00. The number of para-hydroxylation sites is 1. The molecule has 3 unspecified atom stereocenters. The van der Waals surface area contributed by atoms with E-state index in [9.17, 15) is 4.79 Å². The fraction of sp³-hybridized carbons (Fsp3) is 0.351. The first-order valence-electron chi connectivity index (χ1n) is 16.5. The first kappa shape index (κ1) is 26.3. The summed E-state index contributed by atoms with van der Waals surface area (Å²) in [6, 6.07) is 19.1. The summed E-state index contributed by atoms with van der Waals surface area (Å²) in [5.74, 6) is 4.58. The van der Waals surface area contributed by atoms with Crippen LogP contribution in [-0.2, 0) is 13.1 Å². The monoisotopic (exact) mass is 609 g/mol. The van der Waals surface area contributed by atoms with Gasteiger partial charge in [-0.25, -0.2) is 9.67 Å². The number of carbonyl (C=O) groups excluding carboxylic acids is 1. The molecule has 3 aliphatic carbocycles. The zero-order chi connectivity index (χ0) is 30.5. The van der Waals surface area contributed by atoms with E-state index in [2.05, 4.69) is 60.6 Å². The molecule has 0 N–H and O–H groups in total. The number of amides is 1. The molecule has 46 heavy (non-hydrogen) atoms. The molecular weight excluding hydrogens is 574 g/mol. The highest BCUT2D eigenvalue weighted by Crippen LogP contribution is 2.60. The van der Waals surface area contributed by atoms with Gasteiger partial charge in [0.2, 0.25) is 0 Å². The molecule has 1 amide bonds. The zero-order valence-electron chi connectivity index (χ0n) is 25.8. The third-order valence-corrected chi connectivity index (χ3v) is 11.1. The van der Waals surface area contributed by atoms with Crippen LogP contribution in [0.15, 0.2) is 79.4 Å². The quantitative estimate of drug-likeness (QED) is 0.206. The van der Waals surface area contributed by atoms with Crippen LogP contribution in [-0.4, -0.2) is 59.4 Å². The van der Waals surface area contributed by atoms with Gasteiger partial charge in [0.15, 0.2) is 5.82 Å². The standard InChI is InChI=1S/C37H35N7O2/c1-46-33-16-26(37(45)42-21-27-12-25-15-31(42)34(25)27)13-29-35(33)43(19-23-17-39-44(20-23)28-8-10-38-11-9-28)36(40-29)32-14-24-4-2-3-5-30(24)41(32)18-22-6-7-22/h2-5,8-11,13-14,16-17,20,22,25,27,31,34H,6-7,12,15,18-19,21H2,1H3/t25?,27?,31?,34-/m1/s1. The van der Waals surface area contributed by atoms with Crippen LogP contribution < -0.4 is 4.74 Å². The van der Waals surface area contributed by atoms with Crippen molar-refractivity contribution in [1.82, 2.24) is 33.8 Å². The smallest absolute Gasteiger partial charge is 0.254 e. The van der Waals surface area contributed by atoms with E-state index in [1.54, 1.807) is 19.5 Å². The highest BCUT2D eigenvalue weighted by atomic mass is 16.5. The molecule has 0 bridgehead atoms. The molecule has 10 rings (SSSR count). The molecule has 4 aromatic heterocycles. The molecule has 6 aromatic rings. The minimum absolute atomic E-state index is 0.107. The lowest BCUT2D eigenvalue weighted by atomic mass is 9.53. The van der Waals surface area contributed by atoms with Gasteiger partial charge in [0.1, 0.15) is 11.3 Å². The van der Waals surface area contributed by atoms with Gasteiger partial charge in [0.05, 0.1) is 36.7 Å². The third-order valence-electron chi connectivity index (χ3n) is 11.1. The van der Waals surface area contributed by atoms with E-state index >= 15 is 0 Å². The maximum absolute atomic E-state index is 14.0. The molecule has 0 spiro atoms. The lowest BCUT2D eigenvalue weighted by molar-refractivity contribution is -0.0204. The lowest BCUT2D eigenvalue weighted by Crippen LogP contribution is -2.53. The average Bonchev–Trinajstić information content (AvgIpc) is 3.47. The van der Waals surface area contributed by atoms with Gasteiger partial charge in [0, 0.05) is 59.8 Å². The second-order valence-electron chi connectivity index (χ2n) is 13.8. The Labute approximate surface area is 266 Å². The van der Waals surface area contributed by atoms with Crippen molar-refractivity contribution < 1.29 is 9.53 Å². The number of aromatic nitrogens is 6. The van der Waals surface area contributed by atoms with Gasteiger partial charge >= 0.3 is 0 Å². The van der Waals surface area contributed by atoms with Gasteiger partial charge in [-0.3, -0.25) is 9.78 Å². The van der Waals surface area contributed by atoms with Crippen LogP contribution in [0.2, 0.25) is 0 Å². The number of pyridine rings is 1. The van der Waals surface area contributed by atoms with Crippen LogP contribution in [0.25, 0.3) is 39.1 Å². The van der Waals surface area contributed by atoms with Crippen LogP contribution in [0.5, 0.6) is 5.75 Å². The number of imidazole rings is 1. The van der Waals surface area contributed by atoms with Crippen LogP contribution in [0.3, 0.4) is 0 Å². The molecule has 230 valence electrons. The molecule has 0 radical (unpaired) electrons. The predicted octanol–water partition coefficient (Wildman–Crippen LogP) is 6.19. The summed E-state index contributed by atoms with van der Waals surface area (Å²) in [4.78, 5) is 25.6. The topological polar surface area (TPSA) is 83.0 Å². The Morgan fingerprint density at radius 1 is 1.00 bits per heavy atom. The second kappa shape index (κ2) is 9.79. The highest BCUT2D eigenvalue weighted by Gasteiger charge is 2.61. The van der Waals surface area contributed by atoms with Gasteiger partial charge in [0.25, 0.3) is 5.91 Å². The number of rotatable bonds is 8. The molecule has 3 saturated carbocycles. The number of methoxy groups -OCH3 is 1. The molecule has 9 nitrogen and oxygen atoms in total. The summed E-state index contributed by atoms with van der Waals surface area (Å²) in [5.41, 5.74) is 6.62. The SMILES string of the molecule is COc1cc(C(=O)N2CC3CC4CC2[C@H]43)cc2nc(-c3cc4ccccc4n3CC3CC3)n(Cc3cnn(-c4ccncc4)c3)c12. The molecule has 4 fully saturated rings. The average molecular weight is 610 g/mol. The number of hydrogen-bond donors (Lipinski definition) is 0. The van der Waals surface area contributed by atoms with Crippen LogP contribution in [0.4, 0.5) is 0 Å². The molecule has 9 heteroatoms. The Kier molecular flexibility index (Phi) is 5.60. The van der Waals surface area contributed by atoms with E-state index in [0.29, 0.717) is 35.7 Å². The van der Waals surface area contributed by atoms with Gasteiger partial charge < -0.3 is 18.8 Å². The summed E-state index contributed by atoms with van der Waals surface area (Å²) >= 11 is 0. The first-order valence-corrected chi connectivity index (χ1v) is 16.5. The molecular formula is C37H35N7O2. The molecule has 5 heterocycles. The van der Waals surface area contributed by atoms with Gasteiger partial charge in [-0.1, -0.05) is 18.2 Å². The minimum Gasteiger partial charge on any atom is -0.494 e. The summed E-state index contributed by atoms with van der Waals surface area (Å²) in [6.45, 7) is 2.39. The predicted molar refractivity (Wildman–Crippen MR) is 175 cm³/mol. The van der Waals surface area contributed by atoms with Crippen molar-refractivity contribution in [2.75, 3.05) is 13.7 Å². The molecule has 2 aromatic carbocycles. The van der Waals surface area contributed by atoms with Crippen molar-refractivity contribution in [2.24, 2.45) is 23.7 Å². The minimum atomic E-state index is 0.107. The number of benzene rings is 2. The van der Waals surface area contributed by atoms with Crippen molar-refractivity contribution in [3.8, 4) is 23.0 Å². The van der Waals surface area contributed by atoms with Crippen molar-refractivity contribution >= 4 is 27.8 Å². The first-order chi connectivity index (χ1) is 22.6. The normalized spacial score (nSPS) is 23.0. The van der Waals surface area contributed by atoms with Gasteiger partial charge in [-0.2, -0.15) is 5.10 Å². The molecule has 4 aliphatic rings. The van der Waals surface area contributed by atoms with E-state index < -0.39 is 0 Å². The van der Waals surface area contributed by atoms with Crippen LogP contribution in [0.1, 0.15) is 41.6 Å². The fourth-order valence-electron chi connectivity index (χ4n) is 8.64. The number of hydrogen-bond acceptors (Lipinski definition) is 5. The molecule has 1 saturated heterocycles. The maximum atomic E-state index is 14.0. The third kappa shape index (κ3) is 3.93. The fourth-order valence-corrected chi connectivity index (χ4v) is 8.64. The molecule has 1 aliphatic heterocycles. The van der Waals surface area contributed by atoms with Crippen LogP contribution in [0, 0.1) is 23.7 Å². The largest absolute Gasteiger partial charge is 0.494 e. The second-order valence-corrected chi connectivity index (χ2v) is 13.8. The number of ether oxygens (including phenoxy) is 1. The van der Waals surface area contributed by atoms with Gasteiger partial charge in [-0.15, -0.1) is 0 Å². The summed E-state index contributed by atoms with van der Waals surface area (Å²) in [7, 11) is 1.69. The summed E-state index contributed by atoms with van der Waals surface area (Å²) in [5, 5.41) is 5.87. The number of carbonyl (C=O) groups is 1. The summed E-state index contributed by atoms with van der Waals surface area (Å²) in [6.07, 6.45) is 12.5. The van der Waals surface area contributed by atoms with E-state index in [-0.39, 0.29) is 5.91 Å². The number of likely N-dealkylation sites (tertiary alicyclic amines) is 1. The Hall–Kier alpha value is -4.92. The Morgan fingerprint density at radius 2 is 1.87 bits per heavy atom. The number of fused-ring (bicyclic) bond motifs is 2. The van der Waals surface area contributed by atoms with E-state index in [0.717, 1.165) is 65.1 Å². The van der Waals surface area contributed by atoms with E-state index in [4.69, 9.17) is 9.72 Å². The van der Waals surface area contributed by atoms with Gasteiger partial charge in [-0.05, 0) is 85.8 Å². The lowest BCUT2D eigenvalue weighted by Gasteiger charge is -2.52. The number of nitrogens with zero attached hydrogens (tertiary/aromatic N) is 7. The Bertz CT molecular complexity index is 2160. The van der Waals surface area contributed by atoms with Crippen molar-refractivity contribution in [3.05, 3.63) is 90.5 Å². The molecule has 4 atom stereocenters. The van der Waals surface area contributed by atoms with E-state index in [1.807, 2.05) is 35.1 Å². The Balaban J connectivity index is 1.13. The van der Waals surface area contributed by atoms with Crippen molar-refractivity contribution in [2.45, 2.75) is 44.8 Å². The maximum Gasteiger partial charge on any atom is 0.254 e. The summed E-state index contributed by atoms with van der Waals surface area (Å²) < 4.78 is 12.6. The Morgan fingerprint density at radius 3 is 2.67 bits per heavy atom. The van der Waals surface area contributed by atoms with Crippen molar-refractivity contribution in [3.63, 3.8) is 0 Å². The van der Waals surface area contributed by atoms with Crippen molar-refractivity contribution in [1.29, 1.82) is 0 Å². The van der Waals surface area contributed by atoms with E-state index in [1.165, 1.54) is 30.2 Å². The zero-order valence-corrected chi connectivity index (χ0v) is 25.8.